The fourth-order valence-electron chi connectivity index (χ4n) is 1.85. The van der Waals surface area contributed by atoms with Crippen LogP contribution in [0.1, 0.15) is 16.1 Å². The van der Waals surface area contributed by atoms with E-state index in [1.54, 1.807) is 17.5 Å². The molecular weight excluding hydrogens is 258 g/mol. The van der Waals surface area contributed by atoms with E-state index in [9.17, 15) is 4.79 Å². The molecule has 0 bridgehead atoms. The maximum absolute atomic E-state index is 11.8. The quantitative estimate of drug-likeness (QED) is 0.839. The molecule has 0 saturated heterocycles. The molecule has 19 heavy (non-hydrogen) atoms. The van der Waals surface area contributed by atoms with Crippen LogP contribution in [0.5, 0.6) is 0 Å². The molecule has 1 amide bonds. The molecule has 0 aliphatic carbocycles. The van der Waals surface area contributed by atoms with Crippen molar-refractivity contribution in [3.05, 3.63) is 52.0 Å². The third-order valence-corrected chi connectivity index (χ3v) is 3.67. The van der Waals surface area contributed by atoms with E-state index >= 15 is 0 Å². The fourth-order valence-corrected chi connectivity index (χ4v) is 2.47. The van der Waals surface area contributed by atoms with E-state index in [2.05, 4.69) is 10.3 Å². The van der Waals surface area contributed by atoms with Crippen molar-refractivity contribution < 1.29 is 4.79 Å². The zero-order chi connectivity index (χ0) is 13.5. The van der Waals surface area contributed by atoms with Gasteiger partial charge in [0, 0.05) is 31.1 Å². The van der Waals surface area contributed by atoms with E-state index in [1.165, 1.54) is 0 Å². The van der Waals surface area contributed by atoms with Crippen LogP contribution in [0.15, 0.2) is 35.8 Å². The van der Waals surface area contributed by atoms with E-state index < -0.39 is 0 Å². The van der Waals surface area contributed by atoms with Crippen LogP contribution in [0.25, 0.3) is 0 Å². The molecule has 100 valence electrons. The first-order chi connectivity index (χ1) is 9.29. The Morgan fingerprint density at radius 1 is 1.32 bits per heavy atom. The van der Waals surface area contributed by atoms with E-state index in [4.69, 9.17) is 5.73 Å². The van der Waals surface area contributed by atoms with Crippen LogP contribution in [0, 0.1) is 0 Å². The zero-order valence-electron chi connectivity index (χ0n) is 10.6. The summed E-state index contributed by atoms with van der Waals surface area (Å²) in [5, 5.41) is 5.89. The molecule has 1 aromatic heterocycles. The summed E-state index contributed by atoms with van der Waals surface area (Å²) in [4.78, 5) is 16.0. The number of nitrogens with two attached hydrogens (primary N) is 1. The van der Waals surface area contributed by atoms with Gasteiger partial charge in [-0.3, -0.25) is 4.79 Å². The first-order valence-electron chi connectivity index (χ1n) is 6.21. The van der Waals surface area contributed by atoms with Gasteiger partial charge < -0.3 is 11.1 Å². The topological polar surface area (TPSA) is 68.0 Å². The van der Waals surface area contributed by atoms with Crippen LogP contribution < -0.4 is 11.1 Å². The van der Waals surface area contributed by atoms with Crippen LogP contribution in [-0.4, -0.2) is 17.4 Å². The Morgan fingerprint density at radius 2 is 2.11 bits per heavy atom. The number of benzene rings is 1. The van der Waals surface area contributed by atoms with Crippen molar-refractivity contribution in [3.8, 4) is 0 Å². The molecule has 0 aliphatic heterocycles. The minimum atomic E-state index is 0.0254. The third-order valence-electron chi connectivity index (χ3n) is 2.83. The van der Waals surface area contributed by atoms with Crippen molar-refractivity contribution >= 4 is 17.2 Å². The number of carbonyl (C=O) groups is 1. The van der Waals surface area contributed by atoms with Crippen molar-refractivity contribution in [1.29, 1.82) is 0 Å². The van der Waals surface area contributed by atoms with Crippen molar-refractivity contribution in [1.82, 2.24) is 10.3 Å². The SMILES string of the molecule is NCc1ccccc1CC(=O)NCCc1nccs1. The fraction of sp³-hybridized carbons (Fsp3) is 0.286. The molecule has 3 N–H and O–H groups in total. The monoisotopic (exact) mass is 275 g/mol. The lowest BCUT2D eigenvalue weighted by molar-refractivity contribution is -0.120. The molecule has 0 fully saturated rings. The van der Waals surface area contributed by atoms with Crippen LogP contribution in [0.2, 0.25) is 0 Å². The molecule has 1 aromatic carbocycles. The number of amides is 1. The van der Waals surface area contributed by atoms with Gasteiger partial charge in [-0.15, -0.1) is 11.3 Å². The molecular formula is C14H17N3OS. The largest absolute Gasteiger partial charge is 0.355 e. The van der Waals surface area contributed by atoms with Gasteiger partial charge in [0.25, 0.3) is 0 Å². The summed E-state index contributed by atoms with van der Waals surface area (Å²) in [6.45, 7) is 1.08. The predicted molar refractivity (Wildman–Crippen MR) is 76.9 cm³/mol. The van der Waals surface area contributed by atoms with E-state index in [0.29, 0.717) is 19.5 Å². The van der Waals surface area contributed by atoms with Crippen LogP contribution in [0.3, 0.4) is 0 Å². The van der Waals surface area contributed by atoms with Gasteiger partial charge in [0.05, 0.1) is 11.4 Å². The summed E-state index contributed by atoms with van der Waals surface area (Å²) in [6, 6.07) is 7.77. The van der Waals surface area contributed by atoms with E-state index in [0.717, 1.165) is 22.6 Å². The summed E-state index contributed by atoms with van der Waals surface area (Å²) in [5.41, 5.74) is 7.67. The van der Waals surface area contributed by atoms with E-state index in [-0.39, 0.29) is 5.91 Å². The van der Waals surface area contributed by atoms with E-state index in [1.807, 2.05) is 29.6 Å². The number of hydrogen-bond acceptors (Lipinski definition) is 4. The summed E-state index contributed by atoms with van der Waals surface area (Å²) >= 11 is 1.61. The Bertz CT molecular complexity index is 525. The maximum Gasteiger partial charge on any atom is 0.224 e. The number of nitrogens with zero attached hydrogens (tertiary/aromatic N) is 1. The normalized spacial score (nSPS) is 10.4. The second-order valence-corrected chi connectivity index (χ2v) is 5.15. The lowest BCUT2D eigenvalue weighted by Crippen LogP contribution is -2.27. The first kappa shape index (κ1) is 13.7. The highest BCUT2D eigenvalue weighted by Gasteiger charge is 2.06. The van der Waals surface area contributed by atoms with Gasteiger partial charge in [-0.2, -0.15) is 0 Å². The molecule has 0 spiro atoms. The van der Waals surface area contributed by atoms with Gasteiger partial charge in [0.2, 0.25) is 5.91 Å². The van der Waals surface area contributed by atoms with Gasteiger partial charge in [-0.25, -0.2) is 4.98 Å². The Morgan fingerprint density at radius 3 is 2.79 bits per heavy atom. The minimum absolute atomic E-state index is 0.0254. The molecule has 1 heterocycles. The molecule has 4 nitrogen and oxygen atoms in total. The standard InChI is InChI=1S/C14H17N3OS/c15-10-12-4-2-1-3-11(12)9-13(18)16-6-5-14-17-7-8-19-14/h1-4,7-8H,5-6,9-10,15H2,(H,16,18). The molecule has 5 heteroatoms. The summed E-state index contributed by atoms with van der Waals surface area (Å²) in [5.74, 6) is 0.0254. The summed E-state index contributed by atoms with van der Waals surface area (Å²) < 4.78 is 0. The zero-order valence-corrected chi connectivity index (χ0v) is 11.5. The average molecular weight is 275 g/mol. The molecule has 0 aliphatic rings. The second kappa shape index (κ2) is 7.01. The van der Waals surface area contributed by atoms with Crippen LogP contribution in [0.4, 0.5) is 0 Å². The van der Waals surface area contributed by atoms with Crippen molar-refractivity contribution in [2.75, 3.05) is 6.54 Å². The van der Waals surface area contributed by atoms with Crippen molar-refractivity contribution in [3.63, 3.8) is 0 Å². The highest BCUT2D eigenvalue weighted by atomic mass is 32.1. The first-order valence-corrected chi connectivity index (χ1v) is 7.09. The van der Waals surface area contributed by atoms with Crippen molar-refractivity contribution in [2.45, 2.75) is 19.4 Å². The van der Waals surface area contributed by atoms with Gasteiger partial charge in [-0.05, 0) is 11.1 Å². The number of rotatable bonds is 6. The minimum Gasteiger partial charge on any atom is -0.355 e. The highest BCUT2D eigenvalue weighted by molar-refractivity contribution is 7.09. The lowest BCUT2D eigenvalue weighted by Gasteiger charge is -2.08. The molecule has 0 unspecified atom stereocenters. The number of nitrogens with one attached hydrogen (secondary N) is 1. The number of aromatic nitrogens is 1. The lowest BCUT2D eigenvalue weighted by atomic mass is 10.0. The molecule has 0 radical (unpaired) electrons. The Kier molecular flexibility index (Phi) is 5.06. The molecule has 2 aromatic rings. The third kappa shape index (κ3) is 4.15. The highest BCUT2D eigenvalue weighted by Crippen LogP contribution is 2.08. The van der Waals surface area contributed by atoms with Gasteiger partial charge >= 0.3 is 0 Å². The summed E-state index contributed by atoms with van der Waals surface area (Å²) in [6.07, 6.45) is 2.94. The average Bonchev–Trinajstić information content (AvgIpc) is 2.92. The number of thiazole rings is 1. The smallest absolute Gasteiger partial charge is 0.224 e. The van der Waals surface area contributed by atoms with Crippen LogP contribution >= 0.6 is 11.3 Å². The van der Waals surface area contributed by atoms with Crippen LogP contribution in [-0.2, 0) is 24.2 Å². The predicted octanol–water partition coefficient (Wildman–Crippen LogP) is 1.50. The maximum atomic E-state index is 11.8. The molecule has 0 atom stereocenters. The Balaban J connectivity index is 1.80. The van der Waals surface area contributed by atoms with Gasteiger partial charge in [0.1, 0.15) is 0 Å². The summed E-state index contributed by atoms with van der Waals surface area (Å²) in [7, 11) is 0. The van der Waals surface area contributed by atoms with Gasteiger partial charge in [0.15, 0.2) is 0 Å². The molecule has 0 saturated carbocycles. The number of hydrogen-bond donors (Lipinski definition) is 2. The Labute approximate surface area is 116 Å². The second-order valence-electron chi connectivity index (χ2n) is 4.18. The van der Waals surface area contributed by atoms with Crippen molar-refractivity contribution in [2.24, 2.45) is 5.73 Å². The van der Waals surface area contributed by atoms with Gasteiger partial charge in [-0.1, -0.05) is 24.3 Å². The Hall–Kier alpha value is -1.72. The molecule has 2 rings (SSSR count). The number of carbonyl (C=O) groups excluding carboxylic acids is 1.